The fourth-order valence-corrected chi connectivity index (χ4v) is 3.92. The van der Waals surface area contributed by atoms with E-state index >= 15 is 0 Å². The first-order chi connectivity index (χ1) is 9.79. The van der Waals surface area contributed by atoms with Crippen molar-refractivity contribution in [1.82, 2.24) is 5.32 Å². The molecule has 1 heterocycles. The van der Waals surface area contributed by atoms with Crippen LogP contribution in [0.2, 0.25) is 0 Å². The van der Waals surface area contributed by atoms with Crippen molar-refractivity contribution in [1.29, 1.82) is 0 Å². The summed E-state index contributed by atoms with van der Waals surface area (Å²) >= 11 is 0. The Morgan fingerprint density at radius 2 is 2.00 bits per heavy atom. The maximum Gasteiger partial charge on any atom is 0.127 e. The number of fused-ring (bicyclic) bond motifs is 1. The lowest BCUT2D eigenvalue weighted by molar-refractivity contribution is 0.228. The smallest absolute Gasteiger partial charge is 0.127 e. The van der Waals surface area contributed by atoms with E-state index in [1.54, 1.807) is 0 Å². The molecular formula is C18H27NO. The van der Waals surface area contributed by atoms with Crippen molar-refractivity contribution in [2.45, 2.75) is 51.5 Å². The SMILES string of the molecule is CNC(c1cccc2c1OCCC2)C1CCC(C)CC1. The summed E-state index contributed by atoms with van der Waals surface area (Å²) in [6.07, 6.45) is 7.76. The van der Waals surface area contributed by atoms with Gasteiger partial charge < -0.3 is 10.1 Å². The second-order valence-corrected chi connectivity index (χ2v) is 6.57. The predicted octanol–water partition coefficient (Wildman–Crippen LogP) is 4.10. The molecule has 0 spiro atoms. The van der Waals surface area contributed by atoms with Gasteiger partial charge in [-0.15, -0.1) is 0 Å². The van der Waals surface area contributed by atoms with Crippen molar-refractivity contribution in [2.75, 3.05) is 13.7 Å². The molecule has 1 aliphatic carbocycles. The minimum absolute atomic E-state index is 0.454. The molecular weight excluding hydrogens is 246 g/mol. The van der Waals surface area contributed by atoms with E-state index in [2.05, 4.69) is 37.5 Å². The molecule has 1 aliphatic heterocycles. The topological polar surface area (TPSA) is 21.3 Å². The number of para-hydroxylation sites is 1. The maximum absolute atomic E-state index is 6.01. The average molecular weight is 273 g/mol. The van der Waals surface area contributed by atoms with Gasteiger partial charge in [-0.2, -0.15) is 0 Å². The molecule has 2 heteroatoms. The van der Waals surface area contributed by atoms with Crippen LogP contribution < -0.4 is 10.1 Å². The van der Waals surface area contributed by atoms with Crippen LogP contribution in [-0.2, 0) is 6.42 Å². The van der Waals surface area contributed by atoms with E-state index in [4.69, 9.17) is 4.74 Å². The predicted molar refractivity (Wildman–Crippen MR) is 83.2 cm³/mol. The van der Waals surface area contributed by atoms with Crippen molar-refractivity contribution in [3.05, 3.63) is 29.3 Å². The van der Waals surface area contributed by atoms with Crippen molar-refractivity contribution >= 4 is 0 Å². The first kappa shape index (κ1) is 13.9. The molecule has 0 saturated heterocycles. The van der Waals surface area contributed by atoms with Gasteiger partial charge >= 0.3 is 0 Å². The zero-order chi connectivity index (χ0) is 13.9. The van der Waals surface area contributed by atoms with E-state index in [9.17, 15) is 0 Å². The molecule has 1 N–H and O–H groups in total. The summed E-state index contributed by atoms with van der Waals surface area (Å²) in [6, 6.07) is 7.16. The number of ether oxygens (including phenoxy) is 1. The van der Waals surface area contributed by atoms with Crippen LogP contribution in [0, 0.1) is 11.8 Å². The zero-order valence-corrected chi connectivity index (χ0v) is 12.8. The Morgan fingerprint density at radius 3 is 2.75 bits per heavy atom. The summed E-state index contributed by atoms with van der Waals surface area (Å²) in [5, 5.41) is 3.57. The molecule has 1 atom stereocenters. The Hall–Kier alpha value is -1.02. The largest absolute Gasteiger partial charge is 0.493 e. The standard InChI is InChI=1S/C18H27NO/c1-13-8-10-14(11-9-13)17(19-2)16-7-3-5-15-6-4-12-20-18(15)16/h3,5,7,13-14,17,19H,4,6,8-12H2,1-2H3. The third-order valence-electron chi connectivity index (χ3n) is 5.14. The lowest BCUT2D eigenvalue weighted by atomic mass is 9.77. The highest BCUT2D eigenvalue weighted by Crippen LogP contribution is 2.41. The zero-order valence-electron chi connectivity index (χ0n) is 12.8. The number of aryl methyl sites for hydroxylation is 1. The number of nitrogens with one attached hydrogen (secondary N) is 1. The van der Waals surface area contributed by atoms with Crippen LogP contribution in [0.25, 0.3) is 0 Å². The van der Waals surface area contributed by atoms with Crippen molar-refractivity contribution in [2.24, 2.45) is 11.8 Å². The Morgan fingerprint density at radius 1 is 1.20 bits per heavy atom. The highest BCUT2D eigenvalue weighted by molar-refractivity contribution is 5.44. The normalized spacial score (nSPS) is 27.5. The van der Waals surface area contributed by atoms with Crippen molar-refractivity contribution in [3.8, 4) is 5.75 Å². The molecule has 1 aromatic carbocycles. The molecule has 20 heavy (non-hydrogen) atoms. The minimum atomic E-state index is 0.454. The van der Waals surface area contributed by atoms with Gasteiger partial charge in [-0.25, -0.2) is 0 Å². The molecule has 1 aromatic rings. The van der Waals surface area contributed by atoms with Crippen LogP contribution >= 0.6 is 0 Å². The van der Waals surface area contributed by atoms with E-state index in [0.29, 0.717) is 6.04 Å². The van der Waals surface area contributed by atoms with E-state index < -0.39 is 0 Å². The van der Waals surface area contributed by atoms with Crippen LogP contribution in [-0.4, -0.2) is 13.7 Å². The minimum Gasteiger partial charge on any atom is -0.493 e. The number of benzene rings is 1. The molecule has 0 bridgehead atoms. The molecule has 1 saturated carbocycles. The fraction of sp³-hybridized carbons (Fsp3) is 0.667. The molecule has 2 nitrogen and oxygen atoms in total. The molecule has 3 rings (SSSR count). The number of hydrogen-bond acceptors (Lipinski definition) is 2. The van der Waals surface area contributed by atoms with Gasteiger partial charge in [-0.3, -0.25) is 0 Å². The van der Waals surface area contributed by atoms with Crippen LogP contribution in [0.15, 0.2) is 18.2 Å². The number of hydrogen-bond donors (Lipinski definition) is 1. The molecule has 110 valence electrons. The van der Waals surface area contributed by atoms with Crippen LogP contribution in [0.5, 0.6) is 5.75 Å². The second-order valence-electron chi connectivity index (χ2n) is 6.57. The summed E-state index contributed by atoms with van der Waals surface area (Å²) in [4.78, 5) is 0. The first-order valence-electron chi connectivity index (χ1n) is 8.21. The first-order valence-corrected chi connectivity index (χ1v) is 8.21. The molecule has 0 radical (unpaired) electrons. The van der Waals surface area contributed by atoms with E-state index in [0.717, 1.165) is 24.9 Å². The Bertz CT molecular complexity index is 449. The summed E-state index contributed by atoms with van der Waals surface area (Å²) < 4.78 is 6.01. The highest BCUT2D eigenvalue weighted by Gasteiger charge is 2.29. The summed E-state index contributed by atoms with van der Waals surface area (Å²) in [5.74, 6) is 2.84. The molecule has 0 aromatic heterocycles. The van der Waals surface area contributed by atoms with Crippen molar-refractivity contribution < 1.29 is 4.74 Å². The van der Waals surface area contributed by atoms with Gasteiger partial charge in [0.05, 0.1) is 6.61 Å². The average Bonchev–Trinajstić information content (AvgIpc) is 2.50. The Kier molecular flexibility index (Phi) is 4.30. The Labute approximate surface area is 122 Å². The van der Waals surface area contributed by atoms with Gasteiger partial charge in [-0.1, -0.05) is 38.0 Å². The molecule has 1 unspecified atom stereocenters. The van der Waals surface area contributed by atoms with Gasteiger partial charge in [0, 0.05) is 11.6 Å². The van der Waals surface area contributed by atoms with Crippen LogP contribution in [0.3, 0.4) is 0 Å². The summed E-state index contributed by atoms with van der Waals surface area (Å²) in [5.41, 5.74) is 2.79. The lowest BCUT2D eigenvalue weighted by Gasteiger charge is -2.34. The third-order valence-corrected chi connectivity index (χ3v) is 5.14. The van der Waals surface area contributed by atoms with Gasteiger partial charge in [0.15, 0.2) is 0 Å². The van der Waals surface area contributed by atoms with Gasteiger partial charge in [-0.05, 0) is 50.1 Å². The summed E-state index contributed by atoms with van der Waals surface area (Å²) in [7, 11) is 2.10. The van der Waals surface area contributed by atoms with E-state index in [-0.39, 0.29) is 0 Å². The van der Waals surface area contributed by atoms with E-state index in [1.165, 1.54) is 49.0 Å². The third kappa shape index (κ3) is 2.71. The van der Waals surface area contributed by atoms with Crippen LogP contribution in [0.1, 0.15) is 56.2 Å². The molecule has 0 amide bonds. The monoisotopic (exact) mass is 273 g/mol. The van der Waals surface area contributed by atoms with Crippen molar-refractivity contribution in [3.63, 3.8) is 0 Å². The van der Waals surface area contributed by atoms with Crippen LogP contribution in [0.4, 0.5) is 0 Å². The Balaban J connectivity index is 1.86. The molecule has 2 aliphatic rings. The second kappa shape index (κ2) is 6.17. The fourth-order valence-electron chi connectivity index (χ4n) is 3.92. The summed E-state index contributed by atoms with van der Waals surface area (Å²) in [6.45, 7) is 3.26. The molecule has 1 fully saturated rings. The van der Waals surface area contributed by atoms with E-state index in [1.807, 2.05) is 0 Å². The quantitative estimate of drug-likeness (QED) is 0.895. The maximum atomic E-state index is 6.01. The highest BCUT2D eigenvalue weighted by atomic mass is 16.5. The van der Waals surface area contributed by atoms with Gasteiger partial charge in [0.2, 0.25) is 0 Å². The van der Waals surface area contributed by atoms with Gasteiger partial charge in [0.1, 0.15) is 5.75 Å². The lowest BCUT2D eigenvalue weighted by Crippen LogP contribution is -2.29. The van der Waals surface area contributed by atoms with Gasteiger partial charge in [0.25, 0.3) is 0 Å². The number of rotatable bonds is 3.